The summed E-state index contributed by atoms with van der Waals surface area (Å²) in [5.74, 6) is -0.836. The van der Waals surface area contributed by atoms with Crippen LogP contribution in [0.5, 0.6) is 5.75 Å². The number of carbonyl (C=O) groups is 2. The highest BCUT2D eigenvalue weighted by atomic mass is 16.5. The largest absolute Gasteiger partial charge is 0.505 e. The average Bonchev–Trinajstić information content (AvgIpc) is 2.38. The van der Waals surface area contributed by atoms with Crippen molar-refractivity contribution >= 4 is 11.9 Å². The number of rotatable bonds is 5. The van der Waals surface area contributed by atoms with Gasteiger partial charge in [-0.05, 0) is 18.6 Å². The molecule has 1 rings (SSSR count). The van der Waals surface area contributed by atoms with Crippen molar-refractivity contribution in [1.29, 1.82) is 0 Å². The molecule has 0 aliphatic rings. The Morgan fingerprint density at radius 1 is 1.50 bits per heavy atom. The molecular weight excluding hydrogens is 236 g/mol. The highest BCUT2D eigenvalue weighted by molar-refractivity contribution is 5.94. The Morgan fingerprint density at radius 3 is 2.83 bits per heavy atom. The maximum absolute atomic E-state index is 11.9. The van der Waals surface area contributed by atoms with Gasteiger partial charge in [-0.25, -0.2) is 4.98 Å². The van der Waals surface area contributed by atoms with E-state index in [1.54, 1.807) is 13.1 Å². The second kappa shape index (κ2) is 6.58. The molecule has 1 N–H and O–H groups in total. The number of hydrogen-bond donors (Lipinski definition) is 1. The zero-order chi connectivity index (χ0) is 13.5. The van der Waals surface area contributed by atoms with Gasteiger partial charge in [0.15, 0.2) is 5.69 Å². The molecule has 0 aromatic carbocycles. The van der Waals surface area contributed by atoms with E-state index in [9.17, 15) is 14.7 Å². The molecule has 1 aromatic rings. The number of hydrogen-bond acceptors (Lipinski definition) is 5. The van der Waals surface area contributed by atoms with E-state index < -0.39 is 0 Å². The molecule has 0 saturated heterocycles. The van der Waals surface area contributed by atoms with Crippen LogP contribution in [0.1, 0.15) is 23.3 Å². The highest BCUT2D eigenvalue weighted by Crippen LogP contribution is 2.14. The number of esters is 1. The Kier molecular flexibility index (Phi) is 5.10. The number of aromatic hydroxyl groups is 1. The Balaban J connectivity index is 2.52. The third kappa shape index (κ3) is 3.73. The van der Waals surface area contributed by atoms with Crippen molar-refractivity contribution in [1.82, 2.24) is 9.88 Å². The predicted molar refractivity (Wildman–Crippen MR) is 64.1 cm³/mol. The molecule has 0 unspecified atom stereocenters. The second-order valence-corrected chi connectivity index (χ2v) is 3.78. The zero-order valence-corrected chi connectivity index (χ0v) is 10.4. The molecule has 0 atom stereocenters. The van der Waals surface area contributed by atoms with E-state index in [4.69, 9.17) is 0 Å². The molecule has 1 amide bonds. The predicted octanol–water partition coefficient (Wildman–Crippen LogP) is 0.812. The number of nitrogens with zero attached hydrogens (tertiary/aromatic N) is 2. The van der Waals surface area contributed by atoms with Crippen LogP contribution in [-0.2, 0) is 9.53 Å². The summed E-state index contributed by atoms with van der Waals surface area (Å²) in [6.07, 6.45) is 2.19. The number of methoxy groups -OCH3 is 1. The number of carbonyl (C=O) groups excluding carboxylic acids is 2. The maximum Gasteiger partial charge on any atom is 0.305 e. The van der Waals surface area contributed by atoms with E-state index in [1.807, 2.05) is 0 Å². The molecule has 18 heavy (non-hydrogen) atoms. The van der Waals surface area contributed by atoms with Crippen molar-refractivity contribution in [2.45, 2.75) is 12.8 Å². The standard InChI is InChI=1S/C12H16N2O4/c1-14(8-4-6-10(16)18-2)12(17)11-9(15)5-3-7-13-11/h3,5,7,15H,4,6,8H2,1-2H3. The first-order chi connectivity index (χ1) is 8.56. The summed E-state index contributed by atoms with van der Waals surface area (Å²) < 4.78 is 4.50. The van der Waals surface area contributed by atoms with Crippen LogP contribution in [0, 0.1) is 0 Å². The minimum absolute atomic E-state index is 0.0121. The van der Waals surface area contributed by atoms with Gasteiger partial charge in [0.05, 0.1) is 7.11 Å². The van der Waals surface area contributed by atoms with Gasteiger partial charge in [0.25, 0.3) is 5.91 Å². The topological polar surface area (TPSA) is 79.7 Å². The normalized spacial score (nSPS) is 9.89. The van der Waals surface area contributed by atoms with Gasteiger partial charge < -0.3 is 14.7 Å². The van der Waals surface area contributed by atoms with Gasteiger partial charge in [0.2, 0.25) is 0 Å². The number of amides is 1. The van der Waals surface area contributed by atoms with Crippen LogP contribution in [0.15, 0.2) is 18.3 Å². The van der Waals surface area contributed by atoms with Gasteiger partial charge in [0, 0.05) is 26.2 Å². The fraction of sp³-hybridized carbons (Fsp3) is 0.417. The van der Waals surface area contributed by atoms with Crippen molar-refractivity contribution in [3.63, 3.8) is 0 Å². The van der Waals surface area contributed by atoms with E-state index in [-0.39, 0.29) is 29.7 Å². The van der Waals surface area contributed by atoms with Gasteiger partial charge in [-0.1, -0.05) is 0 Å². The minimum Gasteiger partial charge on any atom is -0.505 e. The number of ether oxygens (including phenoxy) is 1. The molecular formula is C12H16N2O4. The molecule has 98 valence electrons. The Hall–Kier alpha value is -2.11. The van der Waals surface area contributed by atoms with Crippen LogP contribution >= 0.6 is 0 Å². The van der Waals surface area contributed by atoms with Gasteiger partial charge in [-0.3, -0.25) is 9.59 Å². The lowest BCUT2D eigenvalue weighted by molar-refractivity contribution is -0.140. The van der Waals surface area contributed by atoms with Gasteiger partial charge in [0.1, 0.15) is 5.75 Å². The summed E-state index contributed by atoms with van der Waals surface area (Å²) in [7, 11) is 2.91. The third-order valence-electron chi connectivity index (χ3n) is 2.44. The van der Waals surface area contributed by atoms with Crippen LogP contribution in [0.2, 0.25) is 0 Å². The number of pyridine rings is 1. The van der Waals surface area contributed by atoms with Gasteiger partial charge >= 0.3 is 5.97 Å². The fourth-order valence-corrected chi connectivity index (χ4v) is 1.41. The van der Waals surface area contributed by atoms with E-state index in [0.29, 0.717) is 13.0 Å². The lowest BCUT2D eigenvalue weighted by Crippen LogP contribution is -2.28. The monoisotopic (exact) mass is 252 g/mol. The van der Waals surface area contributed by atoms with Crippen LogP contribution < -0.4 is 0 Å². The van der Waals surface area contributed by atoms with Crippen molar-refractivity contribution in [2.75, 3.05) is 20.7 Å². The van der Waals surface area contributed by atoms with Crippen LogP contribution in [-0.4, -0.2) is 47.6 Å². The van der Waals surface area contributed by atoms with Crippen LogP contribution in [0.3, 0.4) is 0 Å². The highest BCUT2D eigenvalue weighted by Gasteiger charge is 2.16. The van der Waals surface area contributed by atoms with E-state index in [2.05, 4.69) is 9.72 Å². The summed E-state index contributed by atoms with van der Waals surface area (Å²) >= 11 is 0. The fourth-order valence-electron chi connectivity index (χ4n) is 1.41. The molecule has 0 radical (unpaired) electrons. The lowest BCUT2D eigenvalue weighted by Gasteiger charge is -2.16. The molecule has 6 nitrogen and oxygen atoms in total. The summed E-state index contributed by atoms with van der Waals surface area (Å²) in [5.41, 5.74) is 0.0121. The van der Waals surface area contributed by atoms with Crippen molar-refractivity contribution in [3.8, 4) is 5.75 Å². The summed E-state index contributed by atoms with van der Waals surface area (Å²) in [6, 6.07) is 2.95. The Morgan fingerprint density at radius 2 is 2.22 bits per heavy atom. The molecule has 6 heteroatoms. The molecule has 0 saturated carbocycles. The van der Waals surface area contributed by atoms with E-state index >= 15 is 0 Å². The first-order valence-corrected chi connectivity index (χ1v) is 5.52. The van der Waals surface area contributed by atoms with Crippen molar-refractivity contribution in [3.05, 3.63) is 24.0 Å². The third-order valence-corrected chi connectivity index (χ3v) is 2.44. The summed E-state index contributed by atoms with van der Waals surface area (Å²) in [6.45, 7) is 0.393. The van der Waals surface area contributed by atoms with Crippen molar-refractivity contribution in [2.24, 2.45) is 0 Å². The summed E-state index contributed by atoms with van der Waals surface area (Å²) in [4.78, 5) is 28.0. The minimum atomic E-state index is -0.377. The van der Waals surface area contributed by atoms with Gasteiger partial charge in [-0.15, -0.1) is 0 Å². The molecule has 0 aliphatic carbocycles. The molecule has 0 aliphatic heterocycles. The van der Waals surface area contributed by atoms with Crippen LogP contribution in [0.4, 0.5) is 0 Å². The average molecular weight is 252 g/mol. The van der Waals surface area contributed by atoms with Crippen LogP contribution in [0.25, 0.3) is 0 Å². The zero-order valence-electron chi connectivity index (χ0n) is 10.4. The first kappa shape index (κ1) is 14.0. The first-order valence-electron chi connectivity index (χ1n) is 5.52. The molecule has 1 heterocycles. The van der Waals surface area contributed by atoms with Gasteiger partial charge in [-0.2, -0.15) is 0 Å². The number of aromatic nitrogens is 1. The molecule has 0 bridgehead atoms. The van der Waals surface area contributed by atoms with E-state index in [0.717, 1.165) is 0 Å². The quantitative estimate of drug-likeness (QED) is 0.784. The SMILES string of the molecule is COC(=O)CCCN(C)C(=O)c1ncccc1O. The maximum atomic E-state index is 11.9. The van der Waals surface area contributed by atoms with E-state index in [1.165, 1.54) is 24.3 Å². The molecule has 1 aromatic heterocycles. The Labute approximate surface area is 105 Å². The van der Waals surface area contributed by atoms with Crippen molar-refractivity contribution < 1.29 is 19.4 Å². The second-order valence-electron chi connectivity index (χ2n) is 3.78. The Bertz CT molecular complexity index is 434. The lowest BCUT2D eigenvalue weighted by atomic mass is 10.2. The smallest absolute Gasteiger partial charge is 0.305 e. The summed E-state index contributed by atoms with van der Waals surface area (Å²) in [5, 5.41) is 9.50. The molecule has 0 spiro atoms. The molecule has 0 fully saturated rings.